The Morgan fingerprint density at radius 2 is 1.56 bits per heavy atom. The molecule has 1 aromatic heterocycles. The molecule has 21 nitrogen and oxygen atoms in total. The van der Waals surface area contributed by atoms with Gasteiger partial charge in [-0.25, -0.2) is 9.78 Å². The van der Waals surface area contributed by atoms with Crippen molar-refractivity contribution in [2.45, 2.75) is 88.2 Å². The van der Waals surface area contributed by atoms with Crippen molar-refractivity contribution >= 4 is 59.1 Å². The number of aromatic nitrogens is 2. The maximum atomic E-state index is 13.3. The largest absolute Gasteiger partial charge is 0.480 e. The zero-order valence-corrected chi connectivity index (χ0v) is 31.2. The summed E-state index contributed by atoms with van der Waals surface area (Å²) in [5.41, 5.74) is 11.5. The lowest BCUT2D eigenvalue weighted by Gasteiger charge is -2.26. The molecule has 302 valence electrons. The molecule has 7 amide bonds. The minimum atomic E-state index is -1.62. The highest BCUT2D eigenvalue weighted by molar-refractivity contribution is 7.98. The maximum Gasteiger partial charge on any atom is 0.328 e. The summed E-state index contributed by atoms with van der Waals surface area (Å²) in [5, 5.41) is 33.8. The molecule has 2 rings (SSSR count). The smallest absolute Gasteiger partial charge is 0.328 e. The molecule has 0 spiro atoms. The molecule has 0 saturated carbocycles. The molecular weight excluding hydrogens is 730 g/mol. The van der Waals surface area contributed by atoms with E-state index in [2.05, 4.69) is 41.9 Å². The van der Waals surface area contributed by atoms with E-state index in [1.54, 1.807) is 6.26 Å². The molecule has 1 aromatic rings. The number of carbonyl (C=O) groups is 8. The molecule has 1 fully saturated rings. The third kappa shape index (κ3) is 15.3. The zero-order valence-electron chi connectivity index (χ0n) is 30.4. The van der Waals surface area contributed by atoms with Crippen LogP contribution >= 0.6 is 11.8 Å². The highest BCUT2D eigenvalue weighted by Gasteiger charge is 2.36. The number of aliphatic hydroxyl groups is 1. The van der Waals surface area contributed by atoms with Gasteiger partial charge in [0, 0.05) is 24.9 Å². The molecular formula is C32H53N11O10S. The van der Waals surface area contributed by atoms with Gasteiger partial charge in [0.1, 0.15) is 24.2 Å². The van der Waals surface area contributed by atoms with Gasteiger partial charge in [0.05, 0.1) is 32.1 Å². The zero-order chi connectivity index (χ0) is 40.2. The number of aromatic amines is 1. The quantitative estimate of drug-likeness (QED) is 0.0440. The van der Waals surface area contributed by atoms with Crippen molar-refractivity contribution in [1.82, 2.24) is 46.8 Å². The van der Waals surface area contributed by atoms with E-state index < -0.39 is 96.7 Å². The number of amides is 7. The number of nitrogens with zero attached hydrogens (tertiary/aromatic N) is 2. The second kappa shape index (κ2) is 23.8. The molecule has 1 saturated heterocycles. The molecule has 0 aliphatic carbocycles. The van der Waals surface area contributed by atoms with Gasteiger partial charge in [0.25, 0.3) is 0 Å². The van der Waals surface area contributed by atoms with E-state index in [0.717, 1.165) is 0 Å². The molecule has 0 unspecified atom stereocenters. The van der Waals surface area contributed by atoms with Gasteiger partial charge in [0.15, 0.2) is 6.04 Å². The van der Waals surface area contributed by atoms with Crippen molar-refractivity contribution in [2.24, 2.45) is 11.5 Å². The van der Waals surface area contributed by atoms with Crippen molar-refractivity contribution in [2.75, 3.05) is 44.7 Å². The minimum Gasteiger partial charge on any atom is -0.480 e. The van der Waals surface area contributed by atoms with Crippen LogP contribution in [0.4, 0.5) is 0 Å². The summed E-state index contributed by atoms with van der Waals surface area (Å²) in [6.45, 7) is 0.436. The topological polar surface area (TPSA) is 333 Å². The summed E-state index contributed by atoms with van der Waals surface area (Å²) in [4.78, 5) is 110. The monoisotopic (exact) mass is 783 g/mol. The van der Waals surface area contributed by atoms with E-state index in [4.69, 9.17) is 11.5 Å². The number of carboxylic acid groups (broad SMARTS) is 1. The lowest BCUT2D eigenvalue weighted by molar-refractivity contribution is -0.145. The molecule has 6 atom stereocenters. The number of carboxylic acids is 1. The first-order valence-corrected chi connectivity index (χ1v) is 18.9. The lowest BCUT2D eigenvalue weighted by atomic mass is 10.1. The second-order valence-electron chi connectivity index (χ2n) is 12.6. The van der Waals surface area contributed by atoms with Gasteiger partial charge in [0.2, 0.25) is 41.4 Å². The average molecular weight is 784 g/mol. The van der Waals surface area contributed by atoms with Gasteiger partial charge in [-0.2, -0.15) is 11.8 Å². The Morgan fingerprint density at radius 1 is 0.926 bits per heavy atom. The third-order valence-electron chi connectivity index (χ3n) is 8.42. The number of thioether (sulfide) groups is 1. The van der Waals surface area contributed by atoms with Crippen molar-refractivity contribution in [3.8, 4) is 0 Å². The fourth-order valence-electron chi connectivity index (χ4n) is 5.53. The first-order chi connectivity index (χ1) is 25.7. The SMILES string of the molecule is CSCC[C@H](NC(=O)CNC(=O)[C@H](Cc1cnc[nH]1)NC(=O)[C@@H]1CCCN1C(=O)CN)C(=O)NCC(=O)N[C@@H](CCCCN)C(=O)N[C@H](C(=O)O)[C@@H](C)O. The molecule has 2 heterocycles. The van der Waals surface area contributed by atoms with Crippen molar-refractivity contribution < 1.29 is 48.6 Å². The number of likely N-dealkylation sites (tertiary alicyclic amines) is 1. The van der Waals surface area contributed by atoms with E-state index in [0.29, 0.717) is 50.2 Å². The summed E-state index contributed by atoms with van der Waals surface area (Å²) < 4.78 is 0. The van der Waals surface area contributed by atoms with E-state index >= 15 is 0 Å². The molecule has 13 N–H and O–H groups in total. The number of hydrogen-bond acceptors (Lipinski definition) is 13. The number of hydrogen-bond donors (Lipinski definition) is 11. The van der Waals surface area contributed by atoms with Gasteiger partial charge in [-0.05, 0) is 64.0 Å². The third-order valence-corrected chi connectivity index (χ3v) is 9.06. The Hall–Kier alpha value is -4.80. The minimum absolute atomic E-state index is 0.00615. The molecule has 1 aliphatic heterocycles. The fourth-order valence-corrected chi connectivity index (χ4v) is 6.00. The van der Waals surface area contributed by atoms with Crippen LogP contribution in [-0.4, -0.2) is 153 Å². The van der Waals surface area contributed by atoms with Gasteiger partial charge in [-0.15, -0.1) is 0 Å². The molecule has 0 radical (unpaired) electrons. The number of H-pyrrole nitrogens is 1. The number of carbonyl (C=O) groups excluding carboxylic acids is 7. The molecule has 0 bridgehead atoms. The Labute approximate surface area is 316 Å². The summed E-state index contributed by atoms with van der Waals surface area (Å²) in [7, 11) is 0. The molecule has 54 heavy (non-hydrogen) atoms. The lowest BCUT2D eigenvalue weighted by Crippen LogP contribution is -2.56. The summed E-state index contributed by atoms with van der Waals surface area (Å²) >= 11 is 1.40. The number of nitrogens with one attached hydrogen (secondary N) is 7. The average Bonchev–Trinajstić information content (AvgIpc) is 3.85. The number of nitrogens with two attached hydrogens (primary N) is 2. The van der Waals surface area contributed by atoms with Crippen LogP contribution in [0.5, 0.6) is 0 Å². The number of aliphatic hydroxyl groups excluding tert-OH is 1. The predicted octanol–water partition coefficient (Wildman–Crippen LogP) is -4.58. The Morgan fingerprint density at radius 3 is 2.09 bits per heavy atom. The van der Waals surface area contributed by atoms with Crippen LogP contribution in [0.25, 0.3) is 0 Å². The van der Waals surface area contributed by atoms with Crippen LogP contribution in [0.3, 0.4) is 0 Å². The van der Waals surface area contributed by atoms with Crippen molar-refractivity contribution in [3.63, 3.8) is 0 Å². The summed E-state index contributed by atoms with van der Waals surface area (Å²) in [6.07, 6.45) is 5.41. The molecule has 1 aliphatic rings. The molecule has 0 aromatic carbocycles. The summed E-state index contributed by atoms with van der Waals surface area (Å²) in [5.74, 6) is -5.77. The van der Waals surface area contributed by atoms with Gasteiger partial charge in [-0.1, -0.05) is 0 Å². The van der Waals surface area contributed by atoms with Crippen LogP contribution < -0.4 is 43.4 Å². The highest BCUT2D eigenvalue weighted by atomic mass is 32.2. The van der Waals surface area contributed by atoms with E-state index in [1.807, 2.05) is 0 Å². The van der Waals surface area contributed by atoms with Gasteiger partial charge in [-0.3, -0.25) is 33.6 Å². The number of unbranched alkanes of at least 4 members (excludes halogenated alkanes) is 1. The van der Waals surface area contributed by atoms with Crippen LogP contribution in [0.15, 0.2) is 12.5 Å². The first kappa shape index (κ1) is 45.4. The van der Waals surface area contributed by atoms with Crippen LogP contribution in [0.2, 0.25) is 0 Å². The predicted molar refractivity (Wildman–Crippen MR) is 195 cm³/mol. The normalized spacial score (nSPS) is 16.5. The number of imidazole rings is 1. The van der Waals surface area contributed by atoms with E-state index in [1.165, 1.54) is 36.1 Å². The standard InChI is InChI=1S/C32H53N11O10S/c1-18(44)27(32(52)53)42-30(50)20(6-3-4-9-33)39-24(45)15-36-28(48)21(8-11-54-2)40-25(46)16-37-29(49)22(12-19-14-35-17-38-19)41-31(51)23-7-5-10-43(23)26(47)13-34/h14,17-18,20-23,27,44H,3-13,15-16,33-34H2,1-2H3,(H,35,38)(H,36,48)(H,37,49)(H,39,45)(H,40,46)(H,41,51)(H,42,50)(H,52,53)/t18-,20+,21+,22+,23+,27+/m1/s1. The van der Waals surface area contributed by atoms with Crippen molar-refractivity contribution in [3.05, 3.63) is 18.2 Å². The van der Waals surface area contributed by atoms with E-state index in [9.17, 15) is 48.6 Å². The van der Waals surface area contributed by atoms with Crippen LogP contribution in [-0.2, 0) is 44.8 Å². The van der Waals surface area contributed by atoms with Crippen LogP contribution in [0.1, 0.15) is 51.1 Å². The maximum absolute atomic E-state index is 13.3. The van der Waals surface area contributed by atoms with E-state index in [-0.39, 0.29) is 25.8 Å². The highest BCUT2D eigenvalue weighted by Crippen LogP contribution is 2.18. The Bertz CT molecular complexity index is 1430. The Kier molecular flexibility index (Phi) is 20.0. The summed E-state index contributed by atoms with van der Waals surface area (Å²) in [6, 6.07) is -5.88. The first-order valence-electron chi connectivity index (χ1n) is 17.5. The fraction of sp³-hybridized carbons (Fsp3) is 0.656. The van der Waals surface area contributed by atoms with Crippen molar-refractivity contribution in [1.29, 1.82) is 0 Å². The Balaban J connectivity index is 2.01. The molecule has 22 heteroatoms. The van der Waals surface area contributed by atoms with Gasteiger partial charge >= 0.3 is 5.97 Å². The number of aliphatic carboxylic acids is 1. The second-order valence-corrected chi connectivity index (χ2v) is 13.6. The van der Waals surface area contributed by atoms with Gasteiger partial charge < -0.3 is 63.5 Å². The van der Waals surface area contributed by atoms with Crippen LogP contribution in [0, 0.1) is 0 Å². The number of rotatable bonds is 24.